The first kappa shape index (κ1) is 24.6. The van der Waals surface area contributed by atoms with Gasteiger partial charge in [-0.1, -0.05) is 30.3 Å². The van der Waals surface area contributed by atoms with E-state index in [1.165, 1.54) is 5.56 Å². The molecular formula is C27H34ClN3O3. The van der Waals surface area contributed by atoms with E-state index in [2.05, 4.69) is 45.9 Å². The van der Waals surface area contributed by atoms with Crippen molar-refractivity contribution in [3.05, 3.63) is 59.7 Å². The first-order valence-corrected chi connectivity index (χ1v) is 12.7. The van der Waals surface area contributed by atoms with Crippen molar-refractivity contribution < 1.29 is 14.3 Å². The van der Waals surface area contributed by atoms with Gasteiger partial charge in [-0.15, -0.1) is 11.6 Å². The molecule has 2 heterocycles. The van der Waals surface area contributed by atoms with Crippen LogP contribution in [0.15, 0.2) is 48.5 Å². The molecule has 0 radical (unpaired) electrons. The first-order chi connectivity index (χ1) is 16.5. The molecule has 7 heteroatoms. The number of nitrogens with zero attached hydrogens (tertiary/aromatic N) is 1. The normalized spacial score (nSPS) is 19.6. The number of anilines is 2. The maximum atomic E-state index is 13.2. The van der Waals surface area contributed by atoms with Gasteiger partial charge in [0.05, 0.1) is 11.7 Å². The lowest BCUT2D eigenvalue weighted by atomic mass is 9.89. The highest BCUT2D eigenvalue weighted by Crippen LogP contribution is 2.30. The van der Waals surface area contributed by atoms with Crippen LogP contribution in [0.4, 0.5) is 11.4 Å². The summed E-state index contributed by atoms with van der Waals surface area (Å²) in [4.78, 5) is 27.6. The molecule has 0 aromatic heterocycles. The number of alkyl halides is 1. The van der Waals surface area contributed by atoms with Crippen LogP contribution in [0.5, 0.6) is 0 Å². The Balaban J connectivity index is 1.46. The van der Waals surface area contributed by atoms with Crippen molar-refractivity contribution in [1.29, 1.82) is 0 Å². The standard InChI is InChI=1S/C27H34ClN3O3/c1-19(28)26(32)30-22-9-10-25(24(17-22)27(33)29-18-23-8-5-15-34-23)31-13-11-21(12-14-31)16-20-6-3-2-4-7-20/h2-4,6-7,9-10,17,19,21,23H,5,8,11-16,18H2,1H3,(H,29,33)(H,30,32)/t19-,23-/m1/s1. The van der Waals surface area contributed by atoms with Crippen molar-refractivity contribution >= 4 is 34.8 Å². The van der Waals surface area contributed by atoms with Crippen LogP contribution >= 0.6 is 11.6 Å². The van der Waals surface area contributed by atoms with Crippen LogP contribution in [0.3, 0.4) is 0 Å². The zero-order valence-corrected chi connectivity index (χ0v) is 20.5. The van der Waals surface area contributed by atoms with Crippen molar-refractivity contribution in [3.63, 3.8) is 0 Å². The molecule has 2 fully saturated rings. The zero-order chi connectivity index (χ0) is 23.9. The monoisotopic (exact) mass is 483 g/mol. The summed E-state index contributed by atoms with van der Waals surface area (Å²) in [5, 5.41) is 5.19. The number of hydrogen-bond donors (Lipinski definition) is 2. The van der Waals surface area contributed by atoms with E-state index in [1.807, 2.05) is 12.1 Å². The number of benzene rings is 2. The highest BCUT2D eigenvalue weighted by atomic mass is 35.5. The summed E-state index contributed by atoms with van der Waals surface area (Å²) in [7, 11) is 0. The van der Waals surface area contributed by atoms with Crippen molar-refractivity contribution in [2.75, 3.05) is 36.5 Å². The zero-order valence-electron chi connectivity index (χ0n) is 19.8. The average molecular weight is 484 g/mol. The van der Waals surface area contributed by atoms with Crippen LogP contribution in [0.25, 0.3) is 0 Å². The lowest BCUT2D eigenvalue weighted by Crippen LogP contribution is -2.37. The molecule has 2 N–H and O–H groups in total. The average Bonchev–Trinajstić information content (AvgIpc) is 3.37. The fourth-order valence-corrected chi connectivity index (χ4v) is 4.80. The van der Waals surface area contributed by atoms with E-state index in [-0.39, 0.29) is 17.9 Å². The molecule has 4 rings (SSSR count). The van der Waals surface area contributed by atoms with Crippen molar-refractivity contribution in [1.82, 2.24) is 5.32 Å². The van der Waals surface area contributed by atoms with Crippen LogP contribution in [0, 0.1) is 5.92 Å². The van der Waals surface area contributed by atoms with E-state index in [4.69, 9.17) is 16.3 Å². The lowest BCUT2D eigenvalue weighted by molar-refractivity contribution is -0.115. The van der Waals surface area contributed by atoms with E-state index in [1.54, 1.807) is 13.0 Å². The van der Waals surface area contributed by atoms with Gasteiger partial charge in [0, 0.05) is 37.6 Å². The number of amides is 2. The quantitative estimate of drug-likeness (QED) is 0.537. The first-order valence-electron chi connectivity index (χ1n) is 12.3. The molecule has 0 spiro atoms. The van der Waals surface area contributed by atoms with Crippen molar-refractivity contribution in [2.24, 2.45) is 5.92 Å². The fourth-order valence-electron chi connectivity index (χ4n) is 4.75. The van der Waals surface area contributed by atoms with Gasteiger partial charge in [0.25, 0.3) is 5.91 Å². The SMILES string of the molecule is C[C@@H](Cl)C(=O)Nc1ccc(N2CCC(Cc3ccccc3)CC2)c(C(=O)NC[C@H]2CCCO2)c1. The highest BCUT2D eigenvalue weighted by Gasteiger charge is 2.25. The Morgan fingerprint density at radius 3 is 2.56 bits per heavy atom. The molecule has 2 atom stereocenters. The largest absolute Gasteiger partial charge is 0.376 e. The number of carbonyl (C=O) groups is 2. The number of rotatable bonds is 8. The van der Waals surface area contributed by atoms with E-state index in [0.29, 0.717) is 23.7 Å². The van der Waals surface area contributed by atoms with Gasteiger partial charge in [0.2, 0.25) is 5.91 Å². The van der Waals surface area contributed by atoms with Gasteiger partial charge >= 0.3 is 0 Å². The lowest BCUT2D eigenvalue weighted by Gasteiger charge is -2.35. The third-order valence-electron chi connectivity index (χ3n) is 6.71. The summed E-state index contributed by atoms with van der Waals surface area (Å²) in [5.74, 6) is 0.202. The summed E-state index contributed by atoms with van der Waals surface area (Å²) < 4.78 is 5.65. The van der Waals surface area contributed by atoms with Gasteiger partial charge in [-0.2, -0.15) is 0 Å². The molecular weight excluding hydrogens is 450 g/mol. The highest BCUT2D eigenvalue weighted by molar-refractivity contribution is 6.32. The minimum atomic E-state index is -0.653. The van der Waals surface area contributed by atoms with Crippen LogP contribution in [-0.2, 0) is 16.0 Å². The number of hydrogen-bond acceptors (Lipinski definition) is 4. The van der Waals surface area contributed by atoms with Gasteiger partial charge in [0.15, 0.2) is 0 Å². The van der Waals surface area contributed by atoms with Gasteiger partial charge in [-0.3, -0.25) is 9.59 Å². The number of halogens is 1. The topological polar surface area (TPSA) is 70.7 Å². The summed E-state index contributed by atoms with van der Waals surface area (Å²) in [6, 6.07) is 16.2. The van der Waals surface area contributed by atoms with E-state index in [0.717, 1.165) is 57.5 Å². The van der Waals surface area contributed by atoms with Crippen LogP contribution < -0.4 is 15.5 Å². The predicted molar refractivity (Wildman–Crippen MR) is 137 cm³/mol. The molecule has 0 bridgehead atoms. The van der Waals surface area contributed by atoms with Gasteiger partial charge < -0.3 is 20.3 Å². The molecule has 6 nitrogen and oxygen atoms in total. The summed E-state index contributed by atoms with van der Waals surface area (Å²) >= 11 is 5.91. The minimum Gasteiger partial charge on any atom is -0.376 e. The second kappa shape index (κ2) is 11.7. The minimum absolute atomic E-state index is 0.0705. The molecule has 34 heavy (non-hydrogen) atoms. The van der Waals surface area contributed by atoms with Crippen molar-refractivity contribution in [3.8, 4) is 0 Å². The number of nitrogens with one attached hydrogen (secondary N) is 2. The smallest absolute Gasteiger partial charge is 0.253 e. The van der Waals surface area contributed by atoms with Crippen LogP contribution in [0.2, 0.25) is 0 Å². The van der Waals surface area contributed by atoms with Gasteiger partial charge in [0.1, 0.15) is 5.38 Å². The Morgan fingerprint density at radius 1 is 1.12 bits per heavy atom. The maximum absolute atomic E-state index is 13.2. The second-order valence-electron chi connectivity index (χ2n) is 9.30. The Hall–Kier alpha value is -2.57. The van der Waals surface area contributed by atoms with E-state index < -0.39 is 5.38 Å². The van der Waals surface area contributed by atoms with E-state index >= 15 is 0 Å². The fraction of sp³-hybridized carbons (Fsp3) is 0.481. The maximum Gasteiger partial charge on any atom is 0.253 e. The molecule has 2 aliphatic rings. The molecule has 2 aliphatic heterocycles. The van der Waals surface area contributed by atoms with Gasteiger partial charge in [-0.25, -0.2) is 0 Å². The molecule has 182 valence electrons. The van der Waals surface area contributed by atoms with Crippen molar-refractivity contribution in [2.45, 2.75) is 50.5 Å². The molecule has 2 aromatic rings. The molecule has 2 aromatic carbocycles. The molecule has 0 unspecified atom stereocenters. The Labute approximate surface area is 207 Å². The van der Waals surface area contributed by atoms with Crippen LogP contribution in [-0.4, -0.2) is 49.5 Å². The Kier molecular flexibility index (Phi) is 8.46. The molecule has 0 saturated carbocycles. The van der Waals surface area contributed by atoms with E-state index in [9.17, 15) is 9.59 Å². The molecule has 2 saturated heterocycles. The molecule has 0 aliphatic carbocycles. The third kappa shape index (κ3) is 6.51. The molecule has 2 amide bonds. The number of ether oxygens (including phenoxy) is 1. The summed E-state index contributed by atoms with van der Waals surface area (Å²) in [6.45, 7) is 4.66. The Morgan fingerprint density at radius 2 is 1.88 bits per heavy atom. The summed E-state index contributed by atoms with van der Waals surface area (Å²) in [6.07, 6.45) is 5.31. The predicted octanol–water partition coefficient (Wildman–Crippen LogP) is 4.62. The number of carbonyl (C=O) groups excluding carboxylic acids is 2. The Bertz CT molecular complexity index is 968. The summed E-state index contributed by atoms with van der Waals surface area (Å²) in [5.41, 5.74) is 3.42. The van der Waals surface area contributed by atoms with Gasteiger partial charge in [-0.05, 0) is 68.7 Å². The van der Waals surface area contributed by atoms with Crippen LogP contribution in [0.1, 0.15) is 48.5 Å². The third-order valence-corrected chi connectivity index (χ3v) is 6.90. The number of piperidine rings is 1. The second-order valence-corrected chi connectivity index (χ2v) is 9.96.